The maximum atomic E-state index is 12.6. The lowest BCUT2D eigenvalue weighted by molar-refractivity contribution is -0.161. The smallest absolute Gasteiger partial charge is 0.462 e. The van der Waals surface area contributed by atoms with E-state index >= 15 is 0 Å². The molecule has 3 N–H and O–H groups in total. The number of phosphoric ester groups is 1. The predicted octanol–water partition coefficient (Wildman–Crippen LogP) is 10.8. The number of phosphoric acid groups is 1. The van der Waals surface area contributed by atoms with Crippen LogP contribution < -0.4 is 0 Å². The van der Waals surface area contributed by atoms with Crippen molar-refractivity contribution in [2.75, 3.05) is 26.4 Å². The standard InChI is InChI=1S/C42H77O10P/c1-3-5-7-9-11-13-15-17-18-19-20-22-24-26-28-30-32-34-42(46)52-40(38-51-53(47,48)50-36-39(44)35-43)37-49-41(45)33-31-29-27-25-23-21-16-14-12-10-8-6-4-2/h11,13-14,16-18,39-40,43-44H,3-10,12,15,19-38H2,1-2H3,(H,47,48)/b13-11+,16-14+,18-17+/t39-,40+/m0/s1. The van der Waals surface area contributed by atoms with Crippen LogP contribution in [0.1, 0.15) is 181 Å². The minimum absolute atomic E-state index is 0.174. The number of hydrogen-bond acceptors (Lipinski definition) is 9. The Morgan fingerprint density at radius 3 is 1.51 bits per heavy atom. The van der Waals surface area contributed by atoms with Gasteiger partial charge in [0.25, 0.3) is 0 Å². The van der Waals surface area contributed by atoms with Crippen molar-refractivity contribution in [3.05, 3.63) is 36.5 Å². The summed E-state index contributed by atoms with van der Waals surface area (Å²) in [6.07, 6.45) is 38.2. The van der Waals surface area contributed by atoms with E-state index < -0.39 is 51.8 Å². The molecule has 0 aromatic rings. The van der Waals surface area contributed by atoms with E-state index in [-0.39, 0.29) is 19.4 Å². The number of aliphatic hydroxyl groups is 2. The molecule has 0 aliphatic heterocycles. The topological polar surface area (TPSA) is 149 Å². The maximum Gasteiger partial charge on any atom is 0.472 e. The summed E-state index contributed by atoms with van der Waals surface area (Å²) in [6.45, 7) is 2.32. The van der Waals surface area contributed by atoms with Gasteiger partial charge in [-0.2, -0.15) is 0 Å². The van der Waals surface area contributed by atoms with Crippen LogP contribution in [0, 0.1) is 0 Å². The van der Waals surface area contributed by atoms with Crippen molar-refractivity contribution in [3.63, 3.8) is 0 Å². The first kappa shape index (κ1) is 51.2. The normalized spacial score (nSPS) is 14.3. The third-order valence-corrected chi connectivity index (χ3v) is 9.72. The zero-order valence-electron chi connectivity index (χ0n) is 33.5. The van der Waals surface area contributed by atoms with Gasteiger partial charge in [0.15, 0.2) is 6.10 Å². The highest BCUT2D eigenvalue weighted by molar-refractivity contribution is 7.47. The minimum atomic E-state index is -4.62. The van der Waals surface area contributed by atoms with Crippen LogP contribution in [0.2, 0.25) is 0 Å². The van der Waals surface area contributed by atoms with Crippen molar-refractivity contribution < 1.29 is 47.8 Å². The molecular weight excluding hydrogens is 695 g/mol. The SMILES string of the molecule is CCCCC/C=C/C/C=C/CCCCCCCCCC(=O)O[C@H](COC(=O)CCCCCCC/C=C/CCCCCC)COP(=O)(O)OC[C@@H](O)CO. The first-order chi connectivity index (χ1) is 25.7. The maximum absolute atomic E-state index is 12.6. The van der Waals surface area contributed by atoms with Gasteiger partial charge in [-0.15, -0.1) is 0 Å². The lowest BCUT2D eigenvalue weighted by Crippen LogP contribution is -2.29. The third-order valence-electron chi connectivity index (χ3n) is 8.77. The van der Waals surface area contributed by atoms with Crippen LogP contribution >= 0.6 is 7.82 Å². The molecule has 53 heavy (non-hydrogen) atoms. The number of carbonyl (C=O) groups excluding carboxylic acids is 2. The molecule has 0 amide bonds. The Morgan fingerprint density at radius 2 is 0.981 bits per heavy atom. The zero-order valence-corrected chi connectivity index (χ0v) is 34.4. The Labute approximate surface area is 322 Å². The minimum Gasteiger partial charge on any atom is -0.462 e. The van der Waals surface area contributed by atoms with Crippen molar-refractivity contribution in [2.45, 2.75) is 193 Å². The molecule has 0 aromatic heterocycles. The Kier molecular flexibility index (Phi) is 37.2. The van der Waals surface area contributed by atoms with E-state index in [1.54, 1.807) is 0 Å². The van der Waals surface area contributed by atoms with Gasteiger partial charge in [-0.05, 0) is 70.6 Å². The van der Waals surface area contributed by atoms with Gasteiger partial charge in [-0.1, -0.05) is 134 Å². The molecule has 0 spiro atoms. The van der Waals surface area contributed by atoms with E-state index in [1.165, 1.54) is 64.2 Å². The van der Waals surface area contributed by atoms with Gasteiger partial charge in [0.2, 0.25) is 0 Å². The molecule has 0 radical (unpaired) electrons. The number of unbranched alkanes of at least 4 members (excludes halogenated alkanes) is 19. The van der Waals surface area contributed by atoms with Crippen LogP contribution in [0.4, 0.5) is 0 Å². The van der Waals surface area contributed by atoms with Crippen LogP contribution in [0.25, 0.3) is 0 Å². The van der Waals surface area contributed by atoms with Crippen molar-refractivity contribution >= 4 is 19.8 Å². The van der Waals surface area contributed by atoms with Gasteiger partial charge in [0.05, 0.1) is 19.8 Å². The number of ether oxygens (including phenoxy) is 2. The Balaban J connectivity index is 4.34. The Bertz CT molecular complexity index is 983. The number of esters is 2. The van der Waals surface area contributed by atoms with E-state index in [1.807, 2.05) is 0 Å². The van der Waals surface area contributed by atoms with Crippen LogP contribution in [0.15, 0.2) is 36.5 Å². The summed E-state index contributed by atoms with van der Waals surface area (Å²) in [5, 5.41) is 18.3. The fourth-order valence-electron chi connectivity index (χ4n) is 5.49. The summed E-state index contributed by atoms with van der Waals surface area (Å²) in [7, 11) is -4.62. The molecule has 0 aromatic carbocycles. The van der Waals surface area contributed by atoms with E-state index in [4.69, 9.17) is 19.1 Å². The Hall–Kier alpha value is -1.81. The van der Waals surface area contributed by atoms with Crippen LogP contribution in [-0.4, -0.2) is 65.7 Å². The van der Waals surface area contributed by atoms with Crippen molar-refractivity contribution in [1.29, 1.82) is 0 Å². The largest absolute Gasteiger partial charge is 0.472 e. The molecule has 0 rings (SSSR count). The summed E-state index contributed by atoms with van der Waals surface area (Å²) < 4.78 is 32.7. The molecule has 10 nitrogen and oxygen atoms in total. The molecule has 0 aliphatic carbocycles. The van der Waals surface area contributed by atoms with E-state index in [0.717, 1.165) is 77.0 Å². The summed E-state index contributed by atoms with van der Waals surface area (Å²) in [4.78, 5) is 34.9. The molecule has 0 aliphatic rings. The summed E-state index contributed by atoms with van der Waals surface area (Å²) in [5.41, 5.74) is 0. The predicted molar refractivity (Wildman–Crippen MR) is 214 cm³/mol. The number of carbonyl (C=O) groups is 2. The summed E-state index contributed by atoms with van der Waals surface area (Å²) in [5.74, 6) is -0.944. The fourth-order valence-corrected chi connectivity index (χ4v) is 6.28. The average molecular weight is 773 g/mol. The quantitative estimate of drug-likeness (QED) is 0.0238. The first-order valence-corrected chi connectivity index (χ1v) is 22.4. The zero-order chi connectivity index (χ0) is 39.1. The van der Waals surface area contributed by atoms with Gasteiger partial charge in [0.1, 0.15) is 12.7 Å². The monoisotopic (exact) mass is 773 g/mol. The number of rotatable bonds is 39. The summed E-state index contributed by atoms with van der Waals surface area (Å²) >= 11 is 0. The number of hydrogen-bond donors (Lipinski definition) is 3. The van der Waals surface area contributed by atoms with Crippen LogP contribution in [-0.2, 0) is 32.7 Å². The lowest BCUT2D eigenvalue weighted by Gasteiger charge is -2.20. The van der Waals surface area contributed by atoms with Gasteiger partial charge >= 0.3 is 19.8 Å². The molecule has 0 saturated carbocycles. The number of allylic oxidation sites excluding steroid dienone is 6. The van der Waals surface area contributed by atoms with Gasteiger partial charge < -0.3 is 24.6 Å². The summed E-state index contributed by atoms with van der Waals surface area (Å²) in [6, 6.07) is 0. The van der Waals surface area contributed by atoms with Crippen molar-refractivity contribution in [2.24, 2.45) is 0 Å². The molecule has 0 bridgehead atoms. The van der Waals surface area contributed by atoms with Crippen molar-refractivity contribution in [1.82, 2.24) is 0 Å². The molecule has 0 fully saturated rings. The average Bonchev–Trinajstić information content (AvgIpc) is 3.14. The van der Waals surface area contributed by atoms with E-state index in [2.05, 4.69) is 54.8 Å². The van der Waals surface area contributed by atoms with E-state index in [0.29, 0.717) is 12.8 Å². The van der Waals surface area contributed by atoms with Gasteiger partial charge in [0, 0.05) is 12.8 Å². The molecule has 310 valence electrons. The molecule has 0 saturated heterocycles. The lowest BCUT2D eigenvalue weighted by atomic mass is 10.1. The molecular formula is C42H77O10P. The molecule has 11 heteroatoms. The Morgan fingerprint density at radius 1 is 0.566 bits per heavy atom. The third kappa shape index (κ3) is 38.3. The van der Waals surface area contributed by atoms with Gasteiger partial charge in [-0.25, -0.2) is 4.57 Å². The first-order valence-electron chi connectivity index (χ1n) is 20.9. The second kappa shape index (κ2) is 38.5. The van der Waals surface area contributed by atoms with Crippen molar-refractivity contribution in [3.8, 4) is 0 Å². The molecule has 1 unspecified atom stereocenters. The second-order valence-corrected chi connectivity index (χ2v) is 15.5. The number of aliphatic hydroxyl groups excluding tert-OH is 2. The van der Waals surface area contributed by atoms with Crippen LogP contribution in [0.5, 0.6) is 0 Å². The fraction of sp³-hybridized carbons (Fsp3) is 0.810. The highest BCUT2D eigenvalue weighted by Crippen LogP contribution is 2.43. The van der Waals surface area contributed by atoms with E-state index in [9.17, 15) is 24.2 Å². The van der Waals surface area contributed by atoms with Gasteiger partial charge in [-0.3, -0.25) is 18.6 Å². The molecule has 3 atom stereocenters. The molecule has 0 heterocycles. The second-order valence-electron chi connectivity index (χ2n) is 14.0. The highest BCUT2D eigenvalue weighted by atomic mass is 31.2. The highest BCUT2D eigenvalue weighted by Gasteiger charge is 2.27. The van der Waals surface area contributed by atoms with Crippen LogP contribution in [0.3, 0.4) is 0 Å².